The summed E-state index contributed by atoms with van der Waals surface area (Å²) >= 11 is 0. The maximum Gasteiger partial charge on any atom is 0.264 e. The van der Waals surface area contributed by atoms with Gasteiger partial charge in [-0.2, -0.15) is 0 Å². The van der Waals surface area contributed by atoms with Crippen molar-refractivity contribution in [2.75, 3.05) is 6.26 Å². The Morgan fingerprint density at radius 2 is 2.00 bits per heavy atom. The van der Waals surface area contributed by atoms with E-state index < -0.39 is 26.6 Å². The molecule has 1 aromatic rings. The molecule has 2 atom stereocenters. The lowest BCUT2D eigenvalue weighted by atomic mass is 9.96. The van der Waals surface area contributed by atoms with Crippen molar-refractivity contribution in [1.82, 2.24) is 5.48 Å². The molecule has 136 valence electrons. The molecule has 1 amide bonds. The quantitative estimate of drug-likeness (QED) is 0.589. The molecule has 2 N–H and O–H groups in total. The average Bonchev–Trinajstić information content (AvgIpc) is 3.33. The average molecular weight is 366 g/mol. The van der Waals surface area contributed by atoms with Crippen LogP contribution in [0.25, 0.3) is 0 Å². The van der Waals surface area contributed by atoms with E-state index in [0.717, 1.165) is 17.5 Å². The van der Waals surface area contributed by atoms with E-state index in [0.29, 0.717) is 12.3 Å². The first-order valence-electron chi connectivity index (χ1n) is 8.22. The topological polar surface area (TPSA) is 105 Å². The predicted molar refractivity (Wildman–Crippen MR) is 92.2 cm³/mol. The van der Waals surface area contributed by atoms with Crippen molar-refractivity contribution in [2.45, 2.75) is 49.4 Å². The number of hydrogen-bond donors (Lipinski definition) is 2. The fourth-order valence-corrected chi connectivity index (χ4v) is 3.91. The van der Waals surface area contributed by atoms with E-state index in [1.807, 2.05) is 12.1 Å². The minimum absolute atomic E-state index is 0.0919. The van der Waals surface area contributed by atoms with E-state index in [2.05, 4.69) is 17.3 Å². The molecule has 1 fully saturated rings. The molecule has 7 nitrogen and oxygen atoms in total. The van der Waals surface area contributed by atoms with Gasteiger partial charge in [0.1, 0.15) is 6.10 Å². The Kier molecular flexibility index (Phi) is 4.59. The maximum atomic E-state index is 12.0. The molecule has 0 saturated heterocycles. The van der Waals surface area contributed by atoms with Crippen LogP contribution in [0.4, 0.5) is 0 Å². The van der Waals surface area contributed by atoms with E-state index in [1.54, 1.807) is 0 Å². The van der Waals surface area contributed by atoms with Gasteiger partial charge in [-0.1, -0.05) is 29.4 Å². The first-order valence-corrected chi connectivity index (χ1v) is 10.1. The van der Waals surface area contributed by atoms with Gasteiger partial charge < -0.3 is 4.84 Å². The molecule has 25 heavy (non-hydrogen) atoms. The summed E-state index contributed by atoms with van der Waals surface area (Å²) < 4.78 is 22.3. The lowest BCUT2D eigenvalue weighted by molar-refractivity contribution is -0.132. The third-order valence-electron chi connectivity index (χ3n) is 5.04. The lowest BCUT2D eigenvalue weighted by Crippen LogP contribution is -2.51. The van der Waals surface area contributed by atoms with Crippen LogP contribution >= 0.6 is 0 Å². The van der Waals surface area contributed by atoms with Crippen molar-refractivity contribution < 1.29 is 23.3 Å². The van der Waals surface area contributed by atoms with Crippen LogP contribution in [0.2, 0.25) is 0 Å². The number of hydrogen-bond acceptors (Lipinski definition) is 6. The molecule has 1 aliphatic heterocycles. The van der Waals surface area contributed by atoms with E-state index in [-0.39, 0.29) is 6.42 Å². The van der Waals surface area contributed by atoms with Crippen LogP contribution in [0, 0.1) is 0 Å². The van der Waals surface area contributed by atoms with Gasteiger partial charge in [0.25, 0.3) is 5.91 Å². The first kappa shape index (κ1) is 17.9. The molecule has 1 aromatic carbocycles. The third kappa shape index (κ3) is 3.55. The van der Waals surface area contributed by atoms with Crippen LogP contribution < -0.4 is 5.48 Å². The number of rotatable bonds is 6. The standard InChI is InChI=1S/C17H22N2O5S/c1-17(16(20)18-21,25(2,22)23)10-14-9-15(19-24-14)13-7-5-12(6-8-13)11-3-4-11/h5-8,11,14,21H,3-4,9-10H2,1-2H3,(H,18,20)/t14?,17-/m1/s1. The van der Waals surface area contributed by atoms with Crippen LogP contribution in [-0.2, 0) is 19.5 Å². The summed E-state index contributed by atoms with van der Waals surface area (Å²) in [6.45, 7) is 1.28. The van der Waals surface area contributed by atoms with Crippen molar-refractivity contribution in [3.8, 4) is 0 Å². The molecule has 2 aliphatic rings. The Morgan fingerprint density at radius 1 is 1.36 bits per heavy atom. The number of amides is 1. The van der Waals surface area contributed by atoms with Crippen molar-refractivity contribution in [3.63, 3.8) is 0 Å². The third-order valence-corrected chi connectivity index (χ3v) is 7.03. The summed E-state index contributed by atoms with van der Waals surface area (Å²) in [7, 11) is -3.76. The van der Waals surface area contributed by atoms with Gasteiger partial charge in [0.15, 0.2) is 14.6 Å². The smallest absolute Gasteiger partial charge is 0.264 e. The van der Waals surface area contributed by atoms with Gasteiger partial charge in [0, 0.05) is 19.1 Å². The molecular formula is C17H22N2O5S. The minimum Gasteiger partial charge on any atom is -0.392 e. The molecule has 1 unspecified atom stereocenters. The number of nitrogens with one attached hydrogen (secondary N) is 1. The van der Waals surface area contributed by atoms with Gasteiger partial charge in [-0.3, -0.25) is 10.0 Å². The number of benzene rings is 1. The highest BCUT2D eigenvalue weighted by Gasteiger charge is 2.47. The largest absolute Gasteiger partial charge is 0.392 e. The van der Waals surface area contributed by atoms with Crippen molar-refractivity contribution in [1.29, 1.82) is 0 Å². The summed E-state index contributed by atoms with van der Waals surface area (Å²) in [6, 6.07) is 8.16. The van der Waals surface area contributed by atoms with Crippen LogP contribution in [-0.4, -0.2) is 42.4 Å². The number of oxime groups is 1. The monoisotopic (exact) mass is 366 g/mol. The Hall–Kier alpha value is -1.93. The fourth-order valence-electron chi connectivity index (χ4n) is 3.04. The van der Waals surface area contributed by atoms with Gasteiger partial charge in [0.05, 0.1) is 5.71 Å². The second kappa shape index (κ2) is 6.42. The Labute approximate surface area is 146 Å². The number of carbonyl (C=O) groups excluding carboxylic acids is 1. The molecule has 1 saturated carbocycles. The van der Waals surface area contributed by atoms with E-state index >= 15 is 0 Å². The van der Waals surface area contributed by atoms with Gasteiger partial charge in [-0.05, 0) is 36.8 Å². The normalized spacial score (nSPS) is 22.7. The molecule has 0 aromatic heterocycles. The zero-order chi connectivity index (χ0) is 18.2. The second-order valence-corrected chi connectivity index (χ2v) is 9.46. The molecule has 8 heteroatoms. The summed E-state index contributed by atoms with van der Waals surface area (Å²) in [4.78, 5) is 17.3. The van der Waals surface area contributed by atoms with Crippen LogP contribution in [0.5, 0.6) is 0 Å². The predicted octanol–water partition coefficient (Wildman–Crippen LogP) is 1.76. The van der Waals surface area contributed by atoms with E-state index in [1.165, 1.54) is 30.8 Å². The summed E-state index contributed by atoms with van der Waals surface area (Å²) in [5.41, 5.74) is 4.42. The Morgan fingerprint density at radius 3 is 2.52 bits per heavy atom. The zero-order valence-corrected chi connectivity index (χ0v) is 15.0. The van der Waals surface area contributed by atoms with Crippen molar-refractivity contribution in [2.24, 2.45) is 5.16 Å². The van der Waals surface area contributed by atoms with Crippen LogP contribution in [0.15, 0.2) is 29.4 Å². The van der Waals surface area contributed by atoms with E-state index in [9.17, 15) is 13.2 Å². The first-order chi connectivity index (χ1) is 11.7. The second-order valence-electron chi connectivity index (χ2n) is 7.01. The molecule has 0 bridgehead atoms. The highest BCUT2D eigenvalue weighted by Crippen LogP contribution is 2.40. The Bertz CT molecular complexity index is 799. The number of nitrogens with zero attached hydrogens (tertiary/aromatic N) is 1. The van der Waals surface area contributed by atoms with Crippen molar-refractivity contribution in [3.05, 3.63) is 35.4 Å². The van der Waals surface area contributed by atoms with Gasteiger partial charge in [-0.25, -0.2) is 13.9 Å². The molecule has 0 radical (unpaired) electrons. The molecule has 1 aliphatic carbocycles. The fraction of sp³-hybridized carbons (Fsp3) is 0.529. The molecule has 1 heterocycles. The van der Waals surface area contributed by atoms with Gasteiger partial charge >= 0.3 is 0 Å². The van der Waals surface area contributed by atoms with Crippen LogP contribution in [0.3, 0.4) is 0 Å². The summed E-state index contributed by atoms with van der Waals surface area (Å²) in [5, 5.41) is 12.9. The summed E-state index contributed by atoms with van der Waals surface area (Å²) in [5.74, 6) is -0.295. The van der Waals surface area contributed by atoms with Gasteiger partial charge in [0.2, 0.25) is 0 Å². The maximum absolute atomic E-state index is 12.0. The number of hydroxylamine groups is 1. The molecule has 3 rings (SSSR count). The highest BCUT2D eigenvalue weighted by atomic mass is 32.2. The SMILES string of the molecule is C[C@@](CC1CC(c2ccc(C3CC3)cc2)=NO1)(C(=O)NO)S(C)(=O)=O. The minimum atomic E-state index is -3.76. The number of carbonyl (C=O) groups is 1. The highest BCUT2D eigenvalue weighted by molar-refractivity contribution is 7.92. The molecular weight excluding hydrogens is 344 g/mol. The lowest BCUT2D eigenvalue weighted by Gasteiger charge is -2.26. The summed E-state index contributed by atoms with van der Waals surface area (Å²) in [6.07, 6.45) is 3.22. The zero-order valence-electron chi connectivity index (χ0n) is 14.2. The van der Waals surface area contributed by atoms with Crippen molar-refractivity contribution >= 4 is 21.5 Å². The van der Waals surface area contributed by atoms with Gasteiger partial charge in [-0.15, -0.1) is 0 Å². The molecule has 0 spiro atoms. The van der Waals surface area contributed by atoms with E-state index in [4.69, 9.17) is 10.0 Å². The Balaban J connectivity index is 1.69. The van der Waals surface area contributed by atoms with Crippen LogP contribution in [0.1, 0.15) is 49.7 Å². The number of sulfone groups is 1.